The van der Waals surface area contributed by atoms with E-state index in [4.69, 9.17) is 0 Å². The quantitative estimate of drug-likeness (QED) is 0.470. The van der Waals surface area contributed by atoms with Crippen molar-refractivity contribution >= 4 is 17.7 Å². The summed E-state index contributed by atoms with van der Waals surface area (Å²) in [6.07, 6.45) is 5.85. The Labute approximate surface area is 187 Å². The topological polar surface area (TPSA) is 86.8 Å². The first-order valence-corrected chi connectivity index (χ1v) is 11.5. The number of nitrogens with zero attached hydrogens (tertiary/aromatic N) is 4. The molecular weight excluding hydrogens is 408 g/mol. The van der Waals surface area contributed by atoms with Gasteiger partial charge in [0.1, 0.15) is 0 Å². The van der Waals surface area contributed by atoms with E-state index in [2.05, 4.69) is 62.4 Å². The van der Waals surface area contributed by atoms with Gasteiger partial charge in [-0.1, -0.05) is 6.07 Å². The predicted octanol–water partition coefficient (Wildman–Crippen LogP) is 3.17. The van der Waals surface area contributed by atoms with Crippen molar-refractivity contribution in [1.29, 1.82) is 0 Å². The molecule has 0 atom stereocenters. The van der Waals surface area contributed by atoms with E-state index in [0.29, 0.717) is 24.5 Å². The molecular formula is C23H30N6OS. The minimum Gasteiger partial charge on any atom is -0.355 e. The molecule has 0 aliphatic rings. The SMILES string of the molecule is Cc1cc(Cc2cnc(NCCSCc3cc(CN(C)C)ccn3)[nH]c2=O)cnc1C. The molecule has 0 aromatic carbocycles. The van der Waals surface area contributed by atoms with Crippen LogP contribution in [0.2, 0.25) is 0 Å². The molecule has 8 heteroatoms. The van der Waals surface area contributed by atoms with Crippen LogP contribution < -0.4 is 10.9 Å². The summed E-state index contributed by atoms with van der Waals surface area (Å²) in [6.45, 7) is 5.63. The van der Waals surface area contributed by atoms with E-state index in [1.54, 1.807) is 18.0 Å². The molecule has 164 valence electrons. The average molecular weight is 439 g/mol. The third-order valence-corrected chi connectivity index (χ3v) is 5.83. The van der Waals surface area contributed by atoms with E-state index >= 15 is 0 Å². The highest BCUT2D eigenvalue weighted by Crippen LogP contribution is 2.13. The number of hydrogen-bond donors (Lipinski definition) is 2. The van der Waals surface area contributed by atoms with Crippen LogP contribution in [-0.4, -0.2) is 51.2 Å². The monoisotopic (exact) mass is 438 g/mol. The molecule has 31 heavy (non-hydrogen) atoms. The van der Waals surface area contributed by atoms with Gasteiger partial charge in [-0.25, -0.2) is 4.98 Å². The number of aryl methyl sites for hydroxylation is 2. The van der Waals surface area contributed by atoms with Crippen LogP contribution in [0.25, 0.3) is 0 Å². The van der Waals surface area contributed by atoms with E-state index in [-0.39, 0.29) is 5.56 Å². The molecule has 0 saturated heterocycles. The van der Waals surface area contributed by atoms with Crippen LogP contribution in [0.4, 0.5) is 5.95 Å². The lowest BCUT2D eigenvalue weighted by atomic mass is 10.1. The van der Waals surface area contributed by atoms with Crippen molar-refractivity contribution in [3.63, 3.8) is 0 Å². The Morgan fingerprint density at radius 1 is 1.10 bits per heavy atom. The zero-order valence-electron chi connectivity index (χ0n) is 18.6. The van der Waals surface area contributed by atoms with Crippen molar-refractivity contribution in [3.8, 4) is 0 Å². The van der Waals surface area contributed by atoms with Gasteiger partial charge in [-0.3, -0.25) is 19.7 Å². The molecule has 0 radical (unpaired) electrons. The summed E-state index contributed by atoms with van der Waals surface area (Å²) >= 11 is 1.80. The molecule has 0 fully saturated rings. The number of anilines is 1. The highest BCUT2D eigenvalue weighted by molar-refractivity contribution is 7.98. The lowest BCUT2D eigenvalue weighted by Gasteiger charge is -2.10. The molecule has 3 rings (SSSR count). The maximum Gasteiger partial charge on any atom is 0.255 e. The number of aromatic nitrogens is 4. The van der Waals surface area contributed by atoms with Gasteiger partial charge in [-0.05, 0) is 56.8 Å². The first-order valence-electron chi connectivity index (χ1n) is 10.3. The Balaban J connectivity index is 1.45. The largest absolute Gasteiger partial charge is 0.355 e. The number of H-pyrrole nitrogens is 1. The van der Waals surface area contributed by atoms with Crippen LogP contribution in [-0.2, 0) is 18.7 Å². The standard InChI is InChI=1S/C23H30N6OS/c1-16-9-19(12-26-17(16)2)10-20-13-27-23(28-22(20)30)25-7-8-31-15-21-11-18(5-6-24-21)14-29(3)4/h5-6,9,11-13H,7-8,10,14-15H2,1-4H3,(H2,25,27,28,30). The van der Waals surface area contributed by atoms with Crippen LogP contribution in [0, 0.1) is 13.8 Å². The first-order chi connectivity index (χ1) is 14.9. The zero-order valence-corrected chi connectivity index (χ0v) is 19.4. The fourth-order valence-corrected chi connectivity index (χ4v) is 3.90. The van der Waals surface area contributed by atoms with E-state index in [9.17, 15) is 4.79 Å². The van der Waals surface area contributed by atoms with Gasteiger partial charge >= 0.3 is 0 Å². The number of nitrogens with one attached hydrogen (secondary N) is 2. The van der Waals surface area contributed by atoms with Gasteiger partial charge in [-0.15, -0.1) is 0 Å². The normalized spacial score (nSPS) is 11.1. The minimum absolute atomic E-state index is 0.120. The molecule has 0 spiro atoms. The summed E-state index contributed by atoms with van der Waals surface area (Å²) in [7, 11) is 4.12. The predicted molar refractivity (Wildman–Crippen MR) is 128 cm³/mol. The van der Waals surface area contributed by atoms with E-state index < -0.39 is 0 Å². The molecule has 3 aromatic rings. The van der Waals surface area contributed by atoms with Gasteiger partial charge in [-0.2, -0.15) is 11.8 Å². The maximum atomic E-state index is 12.4. The highest BCUT2D eigenvalue weighted by atomic mass is 32.2. The number of hydrogen-bond acceptors (Lipinski definition) is 7. The summed E-state index contributed by atoms with van der Waals surface area (Å²) in [5, 5.41) is 3.19. The summed E-state index contributed by atoms with van der Waals surface area (Å²) in [4.78, 5) is 30.6. The maximum absolute atomic E-state index is 12.4. The van der Waals surface area contributed by atoms with Crippen LogP contribution in [0.3, 0.4) is 0 Å². The molecule has 0 aliphatic heterocycles. The fourth-order valence-electron chi connectivity index (χ4n) is 3.14. The summed E-state index contributed by atoms with van der Waals surface area (Å²) < 4.78 is 0. The Bertz CT molecular complexity index is 1070. The average Bonchev–Trinajstić information content (AvgIpc) is 2.72. The minimum atomic E-state index is -0.120. The molecule has 0 amide bonds. The van der Waals surface area contributed by atoms with Crippen LogP contribution in [0.15, 0.2) is 41.6 Å². The van der Waals surface area contributed by atoms with Crippen LogP contribution >= 0.6 is 11.8 Å². The van der Waals surface area contributed by atoms with Crippen LogP contribution in [0.1, 0.15) is 33.6 Å². The third kappa shape index (κ3) is 7.18. The molecule has 3 heterocycles. The molecule has 0 unspecified atom stereocenters. The summed E-state index contributed by atoms with van der Waals surface area (Å²) in [6, 6.07) is 6.28. The first kappa shape index (κ1) is 23.0. The molecule has 7 nitrogen and oxygen atoms in total. The summed E-state index contributed by atoms with van der Waals surface area (Å²) in [5.41, 5.74) is 6.01. The lowest BCUT2D eigenvalue weighted by Crippen LogP contribution is -2.18. The Hall–Kier alpha value is -2.71. The van der Waals surface area contributed by atoms with Gasteiger partial charge in [0.25, 0.3) is 5.56 Å². The lowest BCUT2D eigenvalue weighted by molar-refractivity contribution is 0.402. The van der Waals surface area contributed by atoms with Crippen LogP contribution in [0.5, 0.6) is 0 Å². The van der Waals surface area contributed by atoms with Crippen molar-refractivity contribution in [3.05, 3.63) is 80.8 Å². The number of aromatic amines is 1. The Morgan fingerprint density at radius 2 is 1.94 bits per heavy atom. The van der Waals surface area contributed by atoms with Crippen molar-refractivity contribution in [2.75, 3.05) is 31.7 Å². The van der Waals surface area contributed by atoms with Crippen molar-refractivity contribution < 1.29 is 0 Å². The molecule has 3 aromatic heterocycles. The van der Waals surface area contributed by atoms with Gasteiger partial charge < -0.3 is 10.2 Å². The second-order valence-corrected chi connectivity index (χ2v) is 8.99. The molecule has 2 N–H and O–H groups in total. The highest BCUT2D eigenvalue weighted by Gasteiger charge is 2.06. The van der Waals surface area contributed by atoms with E-state index in [1.807, 2.05) is 26.2 Å². The van der Waals surface area contributed by atoms with Gasteiger partial charge in [0.05, 0.1) is 5.69 Å². The zero-order chi connectivity index (χ0) is 22.2. The molecule has 0 bridgehead atoms. The Morgan fingerprint density at radius 3 is 2.68 bits per heavy atom. The number of rotatable bonds is 10. The number of pyridine rings is 2. The van der Waals surface area contributed by atoms with Crippen molar-refractivity contribution in [1.82, 2.24) is 24.8 Å². The smallest absolute Gasteiger partial charge is 0.255 e. The second kappa shape index (κ2) is 11.1. The van der Waals surface area contributed by atoms with E-state index in [0.717, 1.165) is 40.6 Å². The third-order valence-electron chi connectivity index (χ3n) is 4.83. The molecule has 0 aliphatic carbocycles. The van der Waals surface area contributed by atoms with Gasteiger partial charge in [0.15, 0.2) is 0 Å². The molecule has 0 saturated carbocycles. The number of thioether (sulfide) groups is 1. The van der Waals surface area contributed by atoms with Crippen molar-refractivity contribution in [2.45, 2.75) is 32.6 Å². The van der Waals surface area contributed by atoms with E-state index in [1.165, 1.54) is 5.56 Å². The van der Waals surface area contributed by atoms with Gasteiger partial charge in [0, 0.05) is 60.9 Å². The second-order valence-electron chi connectivity index (χ2n) is 7.88. The fraction of sp³-hybridized carbons (Fsp3) is 0.391. The van der Waals surface area contributed by atoms with Gasteiger partial charge in [0.2, 0.25) is 5.95 Å². The summed E-state index contributed by atoms with van der Waals surface area (Å²) in [5.74, 6) is 2.24. The Kier molecular flexibility index (Phi) is 8.20. The van der Waals surface area contributed by atoms with Crippen molar-refractivity contribution in [2.24, 2.45) is 0 Å².